The van der Waals surface area contributed by atoms with E-state index in [9.17, 15) is 4.79 Å². The highest BCUT2D eigenvalue weighted by Crippen LogP contribution is 2.25. The molecule has 3 N–H and O–H groups in total. The lowest BCUT2D eigenvalue weighted by Crippen LogP contribution is -2.46. The molecule has 0 spiro atoms. The number of halogens is 1. The minimum atomic E-state index is -0.151. The van der Waals surface area contributed by atoms with Gasteiger partial charge in [0.1, 0.15) is 12.3 Å². The Morgan fingerprint density at radius 2 is 2.07 bits per heavy atom. The van der Waals surface area contributed by atoms with Gasteiger partial charge in [0.05, 0.1) is 32.1 Å². The number of guanidine groups is 1. The van der Waals surface area contributed by atoms with E-state index in [0.29, 0.717) is 19.0 Å². The Bertz CT molecular complexity index is 749. The second-order valence-electron chi connectivity index (χ2n) is 6.61. The SMILES string of the molecule is CCNC(=NCC(=O)NCc1ccco1)NCC(c1cccs1)N1CCOCC1.I. The van der Waals surface area contributed by atoms with E-state index in [0.717, 1.165) is 38.6 Å². The van der Waals surface area contributed by atoms with Crippen molar-refractivity contribution < 1.29 is 13.9 Å². The van der Waals surface area contributed by atoms with Gasteiger partial charge >= 0.3 is 0 Å². The normalized spacial score (nSPS) is 15.8. The Morgan fingerprint density at radius 1 is 1.23 bits per heavy atom. The molecule has 10 heteroatoms. The second-order valence-corrected chi connectivity index (χ2v) is 7.59. The average molecular weight is 547 g/mol. The molecule has 30 heavy (non-hydrogen) atoms. The summed E-state index contributed by atoms with van der Waals surface area (Å²) in [5.74, 6) is 1.20. The van der Waals surface area contributed by atoms with Gasteiger partial charge in [0, 0.05) is 31.1 Å². The van der Waals surface area contributed by atoms with E-state index in [4.69, 9.17) is 9.15 Å². The number of hydrogen-bond acceptors (Lipinski definition) is 6. The van der Waals surface area contributed by atoms with E-state index < -0.39 is 0 Å². The number of morpholine rings is 1. The molecule has 166 valence electrons. The first-order valence-corrected chi connectivity index (χ1v) is 10.8. The minimum absolute atomic E-state index is 0. The maximum atomic E-state index is 12.1. The van der Waals surface area contributed by atoms with Crippen molar-refractivity contribution in [2.75, 3.05) is 45.9 Å². The maximum Gasteiger partial charge on any atom is 0.242 e. The van der Waals surface area contributed by atoms with Crippen molar-refractivity contribution in [3.63, 3.8) is 0 Å². The molecule has 0 bridgehead atoms. The number of furan rings is 1. The van der Waals surface area contributed by atoms with Crippen molar-refractivity contribution in [3.8, 4) is 0 Å². The number of hydrogen-bond donors (Lipinski definition) is 3. The molecule has 1 amide bonds. The highest BCUT2D eigenvalue weighted by molar-refractivity contribution is 14.0. The standard InChI is InChI=1S/C20H29N5O3S.HI/c1-2-21-20(24-15-19(26)22-13-16-5-3-9-28-16)23-14-17(18-6-4-12-29-18)25-7-10-27-11-8-25;/h3-6,9,12,17H,2,7-8,10-11,13-15H2,1H3,(H,22,26)(H2,21,23,24);1H. The van der Waals surface area contributed by atoms with E-state index >= 15 is 0 Å². The van der Waals surface area contributed by atoms with Crippen molar-refractivity contribution in [3.05, 3.63) is 46.5 Å². The lowest BCUT2D eigenvalue weighted by molar-refractivity contribution is -0.119. The molecule has 3 rings (SSSR count). The molecule has 0 aromatic carbocycles. The summed E-state index contributed by atoms with van der Waals surface area (Å²) in [5, 5.41) is 11.5. The third kappa shape index (κ3) is 7.89. The fourth-order valence-corrected chi connectivity index (χ4v) is 3.98. The van der Waals surface area contributed by atoms with Crippen molar-refractivity contribution in [2.24, 2.45) is 4.99 Å². The van der Waals surface area contributed by atoms with Gasteiger partial charge in [-0.3, -0.25) is 9.69 Å². The van der Waals surface area contributed by atoms with E-state index in [2.05, 4.69) is 43.4 Å². The lowest BCUT2D eigenvalue weighted by Gasteiger charge is -2.34. The van der Waals surface area contributed by atoms with Crippen LogP contribution in [0.2, 0.25) is 0 Å². The van der Waals surface area contributed by atoms with Gasteiger partial charge in [0.2, 0.25) is 5.91 Å². The zero-order valence-electron chi connectivity index (χ0n) is 17.1. The zero-order valence-corrected chi connectivity index (χ0v) is 20.3. The summed E-state index contributed by atoms with van der Waals surface area (Å²) >= 11 is 1.76. The Labute approximate surface area is 198 Å². The molecule has 2 aromatic heterocycles. The second kappa shape index (κ2) is 13.6. The number of rotatable bonds is 9. The first-order chi connectivity index (χ1) is 14.3. The summed E-state index contributed by atoms with van der Waals surface area (Å²) in [4.78, 5) is 20.3. The number of thiophene rings is 1. The topological polar surface area (TPSA) is 91.1 Å². The van der Waals surface area contributed by atoms with Gasteiger partial charge in [-0.2, -0.15) is 0 Å². The van der Waals surface area contributed by atoms with Crippen LogP contribution in [0.15, 0.2) is 45.3 Å². The predicted molar refractivity (Wildman–Crippen MR) is 129 cm³/mol. The van der Waals surface area contributed by atoms with Gasteiger partial charge in [0.15, 0.2) is 5.96 Å². The van der Waals surface area contributed by atoms with Gasteiger partial charge in [-0.15, -0.1) is 35.3 Å². The minimum Gasteiger partial charge on any atom is -0.467 e. The molecule has 3 heterocycles. The monoisotopic (exact) mass is 547 g/mol. The Balaban J connectivity index is 0.00000320. The molecule has 1 aliphatic heterocycles. The molecular weight excluding hydrogens is 517 g/mol. The quantitative estimate of drug-likeness (QED) is 0.254. The molecule has 0 aliphatic carbocycles. The van der Waals surface area contributed by atoms with Gasteiger partial charge in [0.25, 0.3) is 0 Å². The number of ether oxygens (including phenoxy) is 1. The third-order valence-electron chi connectivity index (χ3n) is 4.59. The van der Waals surface area contributed by atoms with E-state index in [1.807, 2.05) is 13.0 Å². The molecule has 1 atom stereocenters. The van der Waals surface area contributed by atoms with E-state index in [-0.39, 0.29) is 42.5 Å². The lowest BCUT2D eigenvalue weighted by atomic mass is 10.2. The summed E-state index contributed by atoms with van der Waals surface area (Å²) in [7, 11) is 0. The number of amides is 1. The summed E-state index contributed by atoms with van der Waals surface area (Å²) in [5.41, 5.74) is 0. The van der Waals surface area contributed by atoms with Crippen molar-refractivity contribution in [1.82, 2.24) is 20.9 Å². The zero-order chi connectivity index (χ0) is 20.3. The summed E-state index contributed by atoms with van der Waals surface area (Å²) < 4.78 is 10.7. The van der Waals surface area contributed by atoms with Gasteiger partial charge in [-0.25, -0.2) is 4.99 Å². The van der Waals surface area contributed by atoms with Crippen LogP contribution in [-0.4, -0.2) is 62.7 Å². The van der Waals surface area contributed by atoms with Crippen LogP contribution >= 0.6 is 35.3 Å². The number of carbonyl (C=O) groups is 1. The van der Waals surface area contributed by atoms with Crippen LogP contribution in [0.5, 0.6) is 0 Å². The molecular formula is C20H30IN5O3S. The number of nitrogens with zero attached hydrogens (tertiary/aromatic N) is 2. The van der Waals surface area contributed by atoms with E-state index in [1.54, 1.807) is 23.7 Å². The largest absolute Gasteiger partial charge is 0.467 e. The molecule has 8 nitrogen and oxygen atoms in total. The van der Waals surface area contributed by atoms with Gasteiger partial charge < -0.3 is 25.1 Å². The maximum absolute atomic E-state index is 12.1. The first-order valence-electron chi connectivity index (χ1n) is 9.92. The highest BCUT2D eigenvalue weighted by atomic mass is 127. The molecule has 1 aliphatic rings. The number of aliphatic imine (C=N–C) groups is 1. The third-order valence-corrected chi connectivity index (χ3v) is 5.56. The van der Waals surface area contributed by atoms with Crippen LogP contribution in [0, 0.1) is 0 Å². The summed E-state index contributed by atoms with van der Waals surface area (Å²) in [6.07, 6.45) is 1.59. The molecule has 0 radical (unpaired) electrons. The number of carbonyl (C=O) groups excluding carboxylic acids is 1. The predicted octanol–water partition coefficient (Wildman–Crippen LogP) is 2.20. The average Bonchev–Trinajstić information content (AvgIpc) is 3.46. The molecule has 1 fully saturated rings. The summed E-state index contributed by atoms with van der Waals surface area (Å²) in [6, 6.07) is 8.11. The molecule has 1 saturated heterocycles. The fourth-order valence-electron chi connectivity index (χ4n) is 3.12. The number of nitrogens with one attached hydrogen (secondary N) is 3. The molecule has 1 unspecified atom stereocenters. The van der Waals surface area contributed by atoms with Crippen LogP contribution in [0.1, 0.15) is 23.6 Å². The Morgan fingerprint density at radius 3 is 2.73 bits per heavy atom. The van der Waals surface area contributed by atoms with Crippen LogP contribution in [0.3, 0.4) is 0 Å². The Hall–Kier alpha value is -1.63. The van der Waals surface area contributed by atoms with Crippen LogP contribution in [0.4, 0.5) is 0 Å². The molecule has 2 aromatic rings. The first kappa shape index (κ1) is 24.6. The van der Waals surface area contributed by atoms with Crippen molar-refractivity contribution >= 4 is 47.2 Å². The molecule has 0 saturated carbocycles. The highest BCUT2D eigenvalue weighted by Gasteiger charge is 2.23. The van der Waals surface area contributed by atoms with Crippen molar-refractivity contribution in [1.29, 1.82) is 0 Å². The smallest absolute Gasteiger partial charge is 0.242 e. The van der Waals surface area contributed by atoms with E-state index in [1.165, 1.54) is 4.88 Å². The summed E-state index contributed by atoms with van der Waals surface area (Å²) in [6.45, 7) is 7.19. The van der Waals surface area contributed by atoms with Crippen LogP contribution in [0.25, 0.3) is 0 Å². The fraction of sp³-hybridized carbons (Fsp3) is 0.500. The van der Waals surface area contributed by atoms with Gasteiger partial charge in [-0.05, 0) is 30.5 Å². The van der Waals surface area contributed by atoms with Crippen molar-refractivity contribution in [2.45, 2.75) is 19.5 Å². The van der Waals surface area contributed by atoms with Crippen LogP contribution in [-0.2, 0) is 16.1 Å². The Kier molecular flexibility index (Phi) is 11.2. The van der Waals surface area contributed by atoms with Crippen LogP contribution < -0.4 is 16.0 Å². The van der Waals surface area contributed by atoms with Gasteiger partial charge in [-0.1, -0.05) is 6.07 Å².